The van der Waals surface area contributed by atoms with Crippen LogP contribution in [0.1, 0.15) is 97.5 Å². The fourth-order valence-electron chi connectivity index (χ4n) is 4.17. The van der Waals surface area contributed by atoms with E-state index in [-0.39, 0.29) is 0 Å². The third kappa shape index (κ3) is 7.52. The SMILES string of the molecule is CCCCCCCCCCCCc1ccccc1[N+](CC)(CC)CC. The molecule has 0 aliphatic carbocycles. The minimum atomic E-state index is 1.13. The molecule has 25 heavy (non-hydrogen) atoms. The lowest BCUT2D eigenvalue weighted by molar-refractivity contribution is 0.313. The summed E-state index contributed by atoms with van der Waals surface area (Å²) >= 11 is 0. The van der Waals surface area contributed by atoms with Crippen molar-refractivity contribution in [2.24, 2.45) is 0 Å². The van der Waals surface area contributed by atoms with Crippen LogP contribution in [0.4, 0.5) is 5.69 Å². The first-order valence-corrected chi connectivity index (χ1v) is 11.2. The van der Waals surface area contributed by atoms with Gasteiger partial charge in [0.15, 0.2) is 0 Å². The second-order valence-electron chi connectivity index (χ2n) is 7.65. The molecule has 0 amide bonds. The maximum absolute atomic E-state index is 2.38. The van der Waals surface area contributed by atoms with E-state index in [1.807, 2.05) is 0 Å². The zero-order valence-corrected chi connectivity index (χ0v) is 17.7. The van der Waals surface area contributed by atoms with Crippen LogP contribution in [0.5, 0.6) is 0 Å². The number of nitrogens with zero attached hydrogens (tertiary/aromatic N) is 1. The predicted molar refractivity (Wildman–Crippen MR) is 115 cm³/mol. The third-order valence-electron chi connectivity index (χ3n) is 6.12. The minimum absolute atomic E-state index is 1.13. The van der Waals surface area contributed by atoms with Gasteiger partial charge >= 0.3 is 0 Å². The van der Waals surface area contributed by atoms with E-state index in [0.717, 1.165) is 4.48 Å². The molecule has 0 saturated carbocycles. The summed E-state index contributed by atoms with van der Waals surface area (Å²) in [5.41, 5.74) is 3.17. The number of benzene rings is 1. The third-order valence-corrected chi connectivity index (χ3v) is 6.12. The van der Waals surface area contributed by atoms with Crippen molar-refractivity contribution in [2.75, 3.05) is 19.6 Å². The molecule has 0 unspecified atom stereocenters. The summed E-state index contributed by atoms with van der Waals surface area (Å²) in [5, 5.41) is 0. The molecule has 0 heterocycles. The number of hydrogen-bond acceptors (Lipinski definition) is 0. The van der Waals surface area contributed by atoms with Gasteiger partial charge in [0.1, 0.15) is 5.69 Å². The molecule has 144 valence electrons. The van der Waals surface area contributed by atoms with E-state index < -0.39 is 0 Å². The van der Waals surface area contributed by atoms with Crippen LogP contribution in [0.2, 0.25) is 0 Å². The Morgan fingerprint density at radius 3 is 1.60 bits per heavy atom. The number of hydrogen-bond donors (Lipinski definition) is 0. The molecule has 0 saturated heterocycles. The van der Waals surface area contributed by atoms with E-state index in [4.69, 9.17) is 0 Å². The molecule has 0 N–H and O–H groups in total. The average Bonchev–Trinajstić information content (AvgIpc) is 2.66. The summed E-state index contributed by atoms with van der Waals surface area (Å²) in [6.07, 6.45) is 15.4. The second kappa shape index (κ2) is 13.4. The topological polar surface area (TPSA) is 0 Å². The number of unbranched alkanes of at least 4 members (excludes halogenated alkanes) is 9. The first-order valence-electron chi connectivity index (χ1n) is 11.2. The van der Waals surface area contributed by atoms with Crippen molar-refractivity contribution in [1.29, 1.82) is 0 Å². The molecular formula is C24H44N+. The molecule has 0 fully saturated rings. The molecule has 1 aromatic rings. The molecule has 0 radical (unpaired) electrons. The van der Waals surface area contributed by atoms with E-state index in [1.54, 1.807) is 11.3 Å². The summed E-state index contributed by atoms with van der Waals surface area (Å²) in [6, 6.07) is 9.20. The second-order valence-corrected chi connectivity index (χ2v) is 7.65. The van der Waals surface area contributed by atoms with E-state index in [9.17, 15) is 0 Å². The molecule has 1 rings (SSSR count). The minimum Gasteiger partial charge on any atom is -0.292 e. The molecule has 1 nitrogen and oxygen atoms in total. The van der Waals surface area contributed by atoms with Gasteiger partial charge in [-0.3, -0.25) is 4.48 Å². The first kappa shape index (κ1) is 22.2. The highest BCUT2D eigenvalue weighted by Crippen LogP contribution is 2.28. The van der Waals surface area contributed by atoms with Gasteiger partial charge in [-0.05, 0) is 39.7 Å². The van der Waals surface area contributed by atoms with Crippen LogP contribution in [0.25, 0.3) is 0 Å². The molecule has 0 aromatic heterocycles. The van der Waals surface area contributed by atoms with E-state index in [2.05, 4.69) is 52.0 Å². The van der Waals surface area contributed by atoms with Crippen LogP contribution in [-0.2, 0) is 6.42 Å². The molecule has 1 aromatic carbocycles. The van der Waals surface area contributed by atoms with Crippen molar-refractivity contribution in [2.45, 2.75) is 98.3 Å². The van der Waals surface area contributed by atoms with Gasteiger partial charge in [-0.25, -0.2) is 0 Å². The molecule has 0 aliphatic rings. The zero-order chi connectivity index (χ0) is 18.4. The summed E-state index contributed by atoms with van der Waals surface area (Å²) in [6.45, 7) is 12.9. The molecule has 0 bridgehead atoms. The van der Waals surface area contributed by atoms with Crippen LogP contribution in [0, 0.1) is 0 Å². The van der Waals surface area contributed by atoms with Gasteiger partial charge in [0.05, 0.1) is 19.6 Å². The van der Waals surface area contributed by atoms with Gasteiger partial charge in [0, 0.05) is 5.56 Å². The van der Waals surface area contributed by atoms with Gasteiger partial charge in [0.25, 0.3) is 0 Å². The Hall–Kier alpha value is -0.820. The summed E-state index contributed by atoms with van der Waals surface area (Å²) in [5.74, 6) is 0. The highest BCUT2D eigenvalue weighted by Gasteiger charge is 2.26. The van der Waals surface area contributed by atoms with Crippen LogP contribution >= 0.6 is 0 Å². The maximum atomic E-state index is 2.38. The number of quaternary nitrogens is 1. The van der Waals surface area contributed by atoms with Crippen molar-refractivity contribution in [3.8, 4) is 0 Å². The van der Waals surface area contributed by atoms with Crippen molar-refractivity contribution in [1.82, 2.24) is 4.48 Å². The van der Waals surface area contributed by atoms with E-state index >= 15 is 0 Å². The van der Waals surface area contributed by atoms with Gasteiger partial charge in [-0.15, -0.1) is 0 Å². The zero-order valence-electron chi connectivity index (χ0n) is 17.7. The highest BCUT2D eigenvalue weighted by atomic mass is 15.3. The predicted octanol–water partition coefficient (Wildman–Crippen LogP) is 7.52. The smallest absolute Gasteiger partial charge is 0.136 e. The van der Waals surface area contributed by atoms with Crippen molar-refractivity contribution in [3.63, 3.8) is 0 Å². The number of aryl methyl sites for hydroxylation is 1. The maximum Gasteiger partial charge on any atom is 0.136 e. The fraction of sp³-hybridized carbons (Fsp3) is 0.750. The Labute approximate surface area is 158 Å². The fourth-order valence-corrected chi connectivity index (χ4v) is 4.17. The molecule has 0 atom stereocenters. The van der Waals surface area contributed by atoms with Crippen molar-refractivity contribution >= 4 is 5.69 Å². The lowest BCUT2D eigenvalue weighted by atomic mass is 10.0. The Bertz CT molecular complexity index is 425. The van der Waals surface area contributed by atoms with Crippen LogP contribution in [-0.4, -0.2) is 19.6 Å². The van der Waals surface area contributed by atoms with Gasteiger partial charge < -0.3 is 0 Å². The summed E-state index contributed by atoms with van der Waals surface area (Å²) in [7, 11) is 0. The van der Waals surface area contributed by atoms with Crippen molar-refractivity contribution in [3.05, 3.63) is 29.8 Å². The van der Waals surface area contributed by atoms with Crippen LogP contribution in [0.15, 0.2) is 24.3 Å². The standard InChI is InChI=1S/C24H44N/c1-5-9-10-11-12-13-14-15-16-17-20-23-21-18-19-22-24(23)25(6-2,7-3)8-4/h18-19,21-22H,5-17,20H2,1-4H3/q+1. The normalized spacial score (nSPS) is 11.8. The lowest BCUT2D eigenvalue weighted by Crippen LogP contribution is -2.49. The van der Waals surface area contributed by atoms with Crippen molar-refractivity contribution < 1.29 is 0 Å². The average molecular weight is 347 g/mol. The largest absolute Gasteiger partial charge is 0.292 e. The summed E-state index contributed by atoms with van der Waals surface area (Å²) < 4.78 is 1.13. The monoisotopic (exact) mass is 346 g/mol. The van der Waals surface area contributed by atoms with Crippen LogP contribution in [0.3, 0.4) is 0 Å². The molecular weight excluding hydrogens is 302 g/mol. The van der Waals surface area contributed by atoms with Gasteiger partial charge in [-0.1, -0.05) is 82.9 Å². The Morgan fingerprint density at radius 2 is 1.08 bits per heavy atom. The Morgan fingerprint density at radius 1 is 0.600 bits per heavy atom. The molecule has 0 spiro atoms. The number of rotatable bonds is 15. The van der Waals surface area contributed by atoms with Gasteiger partial charge in [0.2, 0.25) is 0 Å². The molecule has 0 aliphatic heterocycles. The Balaban J connectivity index is 2.34. The van der Waals surface area contributed by atoms with Crippen LogP contribution < -0.4 is 4.48 Å². The highest BCUT2D eigenvalue weighted by molar-refractivity contribution is 5.50. The Kier molecular flexibility index (Phi) is 11.9. The number of para-hydroxylation sites is 1. The molecule has 1 heteroatoms. The lowest BCUT2D eigenvalue weighted by Gasteiger charge is -2.36. The first-order chi connectivity index (χ1) is 12.2. The van der Waals surface area contributed by atoms with E-state index in [1.165, 1.54) is 90.3 Å². The summed E-state index contributed by atoms with van der Waals surface area (Å²) in [4.78, 5) is 0. The van der Waals surface area contributed by atoms with E-state index in [0.29, 0.717) is 0 Å². The van der Waals surface area contributed by atoms with Gasteiger partial charge in [-0.2, -0.15) is 0 Å². The quantitative estimate of drug-likeness (QED) is 0.227.